The van der Waals surface area contributed by atoms with Crippen molar-refractivity contribution in [3.05, 3.63) is 144 Å². The first kappa shape index (κ1) is 49.0. The number of amides is 3. The molecular formula is C46H53ClN4O12. The second kappa shape index (κ2) is 27.3. The summed E-state index contributed by atoms with van der Waals surface area (Å²) in [7, 11) is 2.61. The van der Waals surface area contributed by atoms with Gasteiger partial charge in [0.25, 0.3) is 0 Å². The van der Waals surface area contributed by atoms with E-state index in [9.17, 15) is 28.8 Å². The van der Waals surface area contributed by atoms with E-state index in [1.807, 2.05) is 121 Å². The Balaban J connectivity index is 0.000000233. The van der Waals surface area contributed by atoms with Crippen LogP contribution in [0.4, 0.5) is 19.2 Å². The van der Waals surface area contributed by atoms with Crippen LogP contribution in [0.3, 0.4) is 0 Å². The number of hydrogen-bond acceptors (Lipinski definition) is 13. The van der Waals surface area contributed by atoms with Crippen molar-refractivity contribution < 1.29 is 57.2 Å². The number of nitrogens with one attached hydrogen (secondary N) is 1. The van der Waals surface area contributed by atoms with Crippen molar-refractivity contribution in [1.29, 1.82) is 0 Å². The molecule has 0 spiro atoms. The standard InChI is InChI=1S/C23H26N2O6.C15H20N2O4.C8H7ClO2/c1-29-21(26)15-25(23(28)31-17-19-10-6-3-7-11-19)20-12-13-24(14-20)22(27)30-16-18-8-4-2-5-9-18;1-20-14(18)9-16-13-7-8-17(10-13)15(19)21-11-12-5-3-2-4-6-12;9-8(10)11-6-7-4-2-1-3-5-7/h2-11,20H,12-17H2,1H3;2-6,13,16H,7-11H2,1H3;1-5H,6H2/t20-;13-;/m11./s1. The average molecular weight is 889 g/mol. The van der Waals surface area contributed by atoms with E-state index in [2.05, 4.69) is 14.8 Å². The molecule has 2 heterocycles. The number of nitrogens with zero attached hydrogens (tertiary/aromatic N) is 3. The summed E-state index contributed by atoms with van der Waals surface area (Å²) < 4.78 is 29.9. The quantitative estimate of drug-likeness (QED) is 0.0783. The Hall–Kier alpha value is -6.65. The third-order valence-corrected chi connectivity index (χ3v) is 9.75. The Kier molecular flexibility index (Phi) is 21.3. The van der Waals surface area contributed by atoms with Gasteiger partial charge in [-0.3, -0.25) is 14.5 Å². The average Bonchev–Trinajstić information content (AvgIpc) is 4.02. The number of carbonyl (C=O) groups excluding carboxylic acids is 6. The lowest BCUT2D eigenvalue weighted by Gasteiger charge is -2.27. The molecule has 4 aromatic carbocycles. The molecule has 17 heteroatoms. The number of likely N-dealkylation sites (tertiary alicyclic amines) is 2. The molecule has 336 valence electrons. The minimum atomic E-state index is -0.770. The monoisotopic (exact) mass is 888 g/mol. The number of rotatable bonds is 14. The van der Waals surface area contributed by atoms with E-state index in [1.54, 1.807) is 4.90 Å². The summed E-state index contributed by atoms with van der Waals surface area (Å²) >= 11 is 4.97. The molecule has 0 radical (unpaired) electrons. The molecule has 2 aliphatic heterocycles. The van der Waals surface area contributed by atoms with Gasteiger partial charge in [-0.15, -0.1) is 0 Å². The second-order valence-electron chi connectivity index (χ2n) is 14.1. The van der Waals surface area contributed by atoms with Gasteiger partial charge in [0.05, 0.1) is 26.8 Å². The van der Waals surface area contributed by atoms with Crippen LogP contribution in [0.2, 0.25) is 0 Å². The molecule has 0 unspecified atom stereocenters. The zero-order valence-corrected chi connectivity index (χ0v) is 36.1. The zero-order chi connectivity index (χ0) is 45.2. The summed E-state index contributed by atoms with van der Waals surface area (Å²) in [5, 5.41) is 3.07. The number of carbonyl (C=O) groups is 6. The van der Waals surface area contributed by atoms with E-state index in [0.29, 0.717) is 26.1 Å². The smallest absolute Gasteiger partial charge is 0.410 e. The highest BCUT2D eigenvalue weighted by Gasteiger charge is 2.36. The molecule has 2 saturated heterocycles. The normalized spacial score (nSPS) is 15.0. The Morgan fingerprint density at radius 3 is 1.43 bits per heavy atom. The predicted octanol–water partition coefficient (Wildman–Crippen LogP) is 6.93. The van der Waals surface area contributed by atoms with Gasteiger partial charge in [0, 0.05) is 43.8 Å². The summed E-state index contributed by atoms with van der Waals surface area (Å²) in [5.41, 5.74) is 2.86. The SMILES string of the molecule is COC(=O)CN(C(=O)OCc1ccccc1)[C@@H]1CCN(C(=O)OCc2ccccc2)C1.COC(=O)CN[C@@H]1CCN(C(=O)OCc2ccccc2)C1.O=C(Cl)OCc1ccccc1. The molecule has 0 aliphatic carbocycles. The number of halogens is 1. The molecule has 6 rings (SSSR count). The van der Waals surface area contributed by atoms with Crippen LogP contribution in [-0.2, 0) is 64.4 Å². The maximum Gasteiger partial charge on any atom is 0.410 e. The number of esters is 2. The molecule has 4 aromatic rings. The molecule has 2 atom stereocenters. The van der Waals surface area contributed by atoms with E-state index < -0.39 is 23.6 Å². The topological polar surface area (TPSA) is 180 Å². The van der Waals surface area contributed by atoms with Gasteiger partial charge in [-0.25, -0.2) is 19.2 Å². The third kappa shape index (κ3) is 18.5. The van der Waals surface area contributed by atoms with E-state index >= 15 is 0 Å². The fraction of sp³-hybridized carbons (Fsp3) is 0.348. The van der Waals surface area contributed by atoms with Gasteiger partial charge in [0.1, 0.15) is 33.0 Å². The lowest BCUT2D eigenvalue weighted by Crippen LogP contribution is -2.45. The first-order valence-corrected chi connectivity index (χ1v) is 20.5. The Labute approximate surface area is 371 Å². The van der Waals surface area contributed by atoms with E-state index in [-0.39, 0.29) is 70.2 Å². The molecular weight excluding hydrogens is 836 g/mol. The van der Waals surface area contributed by atoms with Crippen LogP contribution in [0.15, 0.2) is 121 Å². The molecule has 3 amide bonds. The molecule has 2 fully saturated rings. The van der Waals surface area contributed by atoms with Gasteiger partial charge in [0.2, 0.25) is 0 Å². The highest BCUT2D eigenvalue weighted by Crippen LogP contribution is 2.19. The van der Waals surface area contributed by atoms with Crippen molar-refractivity contribution in [2.75, 3.05) is 53.5 Å². The number of ether oxygens (including phenoxy) is 6. The van der Waals surface area contributed by atoms with Gasteiger partial charge in [-0.2, -0.15) is 0 Å². The summed E-state index contributed by atoms with van der Waals surface area (Å²) in [6, 6.07) is 37.3. The van der Waals surface area contributed by atoms with Crippen molar-refractivity contribution in [3.63, 3.8) is 0 Å². The van der Waals surface area contributed by atoms with Crippen LogP contribution in [0.25, 0.3) is 0 Å². The number of benzene rings is 4. The fourth-order valence-corrected chi connectivity index (χ4v) is 6.29. The van der Waals surface area contributed by atoms with Gasteiger partial charge in [-0.05, 0) is 35.1 Å². The molecule has 2 aliphatic rings. The minimum Gasteiger partial charge on any atom is -0.468 e. The van der Waals surface area contributed by atoms with E-state index in [1.165, 1.54) is 24.0 Å². The summed E-state index contributed by atoms with van der Waals surface area (Å²) in [6.07, 6.45) is -0.0861. The lowest BCUT2D eigenvalue weighted by molar-refractivity contribution is -0.142. The van der Waals surface area contributed by atoms with Crippen LogP contribution in [-0.4, -0.2) is 116 Å². The van der Waals surface area contributed by atoms with Gasteiger partial charge < -0.3 is 43.5 Å². The molecule has 16 nitrogen and oxygen atoms in total. The number of hydrogen-bond donors (Lipinski definition) is 1. The Morgan fingerprint density at radius 1 is 0.571 bits per heavy atom. The maximum absolute atomic E-state index is 12.7. The predicted molar refractivity (Wildman–Crippen MR) is 231 cm³/mol. The van der Waals surface area contributed by atoms with Crippen molar-refractivity contribution in [3.8, 4) is 0 Å². The second-order valence-corrected chi connectivity index (χ2v) is 14.4. The van der Waals surface area contributed by atoms with Crippen LogP contribution in [0, 0.1) is 0 Å². The zero-order valence-electron chi connectivity index (χ0n) is 35.3. The summed E-state index contributed by atoms with van der Waals surface area (Å²) in [6.45, 7) is 2.54. The first-order valence-electron chi connectivity index (χ1n) is 20.2. The van der Waals surface area contributed by atoms with Crippen LogP contribution < -0.4 is 5.32 Å². The van der Waals surface area contributed by atoms with Gasteiger partial charge in [-0.1, -0.05) is 121 Å². The Bertz CT molecular complexity index is 2020. The first-order chi connectivity index (χ1) is 30.5. The molecule has 0 aromatic heterocycles. The third-order valence-electron chi connectivity index (χ3n) is 9.64. The van der Waals surface area contributed by atoms with Crippen molar-refractivity contribution in [1.82, 2.24) is 20.0 Å². The van der Waals surface area contributed by atoms with Crippen molar-refractivity contribution in [2.45, 2.75) is 51.4 Å². The summed E-state index contributed by atoms with van der Waals surface area (Å²) in [5.74, 6) is -0.859. The molecule has 0 saturated carbocycles. The minimum absolute atomic E-state index is 0.0902. The van der Waals surface area contributed by atoms with E-state index in [0.717, 1.165) is 28.7 Å². The summed E-state index contributed by atoms with van der Waals surface area (Å²) in [4.78, 5) is 74.6. The molecule has 1 N–H and O–H groups in total. The van der Waals surface area contributed by atoms with Gasteiger partial charge >= 0.3 is 35.6 Å². The lowest BCUT2D eigenvalue weighted by atomic mass is 10.2. The highest BCUT2D eigenvalue weighted by atomic mass is 35.5. The fourth-order valence-electron chi connectivity index (χ4n) is 6.24. The van der Waals surface area contributed by atoms with Gasteiger partial charge in [0.15, 0.2) is 0 Å². The molecule has 0 bridgehead atoms. The Morgan fingerprint density at radius 2 is 0.984 bits per heavy atom. The van der Waals surface area contributed by atoms with Crippen molar-refractivity contribution in [2.24, 2.45) is 0 Å². The van der Waals surface area contributed by atoms with Crippen LogP contribution >= 0.6 is 11.6 Å². The van der Waals surface area contributed by atoms with Crippen LogP contribution in [0.5, 0.6) is 0 Å². The highest BCUT2D eigenvalue weighted by molar-refractivity contribution is 6.61. The van der Waals surface area contributed by atoms with Crippen LogP contribution in [0.1, 0.15) is 35.1 Å². The maximum atomic E-state index is 12.7. The van der Waals surface area contributed by atoms with E-state index in [4.69, 9.17) is 30.5 Å². The van der Waals surface area contributed by atoms with Crippen molar-refractivity contribution >= 4 is 47.2 Å². The largest absolute Gasteiger partial charge is 0.468 e. The molecule has 63 heavy (non-hydrogen) atoms. The number of methoxy groups -OCH3 is 2.